The molecule has 0 saturated carbocycles. The third-order valence-electron chi connectivity index (χ3n) is 3.79. The van der Waals surface area contributed by atoms with Gasteiger partial charge in [-0.05, 0) is 57.6 Å². The molecule has 0 radical (unpaired) electrons. The fourth-order valence-corrected chi connectivity index (χ4v) is 3.22. The van der Waals surface area contributed by atoms with E-state index in [4.69, 9.17) is 29.6 Å². The summed E-state index contributed by atoms with van der Waals surface area (Å²) < 4.78 is 0. The summed E-state index contributed by atoms with van der Waals surface area (Å²) >= 11 is 11.1. The summed E-state index contributed by atoms with van der Waals surface area (Å²) in [5, 5.41) is 4.76. The van der Waals surface area contributed by atoms with Gasteiger partial charge in [0.15, 0.2) is 5.11 Å². The SMILES string of the molecule is CCN1c2cc(Cl)c(/C=N\NC(N)=S)cc2C(C)=CC1(C)C. The number of thiocarbonyl (C=S) groups is 1. The number of rotatable bonds is 3. The second kappa shape index (κ2) is 6.26. The molecule has 1 aliphatic heterocycles. The zero-order valence-electron chi connectivity index (χ0n) is 13.3. The van der Waals surface area contributed by atoms with Gasteiger partial charge in [-0.2, -0.15) is 5.10 Å². The largest absolute Gasteiger partial charge is 0.375 e. The molecule has 0 saturated heterocycles. The van der Waals surface area contributed by atoms with Crippen molar-refractivity contribution in [3.8, 4) is 0 Å². The quantitative estimate of drug-likeness (QED) is 0.503. The van der Waals surface area contributed by atoms with Gasteiger partial charge in [0.25, 0.3) is 0 Å². The number of hydrogen-bond donors (Lipinski definition) is 2. The van der Waals surface area contributed by atoms with E-state index in [1.54, 1.807) is 6.21 Å². The summed E-state index contributed by atoms with van der Waals surface area (Å²) in [5.41, 5.74) is 12.2. The van der Waals surface area contributed by atoms with Crippen LogP contribution in [0.4, 0.5) is 5.69 Å². The summed E-state index contributed by atoms with van der Waals surface area (Å²) in [6.07, 6.45) is 3.91. The highest BCUT2D eigenvalue weighted by Crippen LogP contribution is 2.40. The first kappa shape index (κ1) is 16.8. The van der Waals surface area contributed by atoms with Crippen LogP contribution in [0.25, 0.3) is 5.57 Å². The standard InChI is InChI=1S/C16H21ClN4S/c1-5-21-14-7-13(17)11(9-19-20-15(18)22)6-12(14)10(2)8-16(21,3)4/h6-9H,5H2,1-4H3,(H3,18,20,22)/b19-9-. The summed E-state index contributed by atoms with van der Waals surface area (Å²) in [4.78, 5) is 2.34. The van der Waals surface area contributed by atoms with Gasteiger partial charge in [-0.1, -0.05) is 17.7 Å². The summed E-state index contributed by atoms with van der Waals surface area (Å²) in [6.45, 7) is 9.60. The fraction of sp³-hybridized carbons (Fsp3) is 0.375. The van der Waals surface area contributed by atoms with E-state index in [2.05, 4.69) is 49.2 Å². The highest BCUT2D eigenvalue weighted by molar-refractivity contribution is 7.80. The van der Waals surface area contributed by atoms with Crippen LogP contribution in [0.15, 0.2) is 23.3 Å². The molecule has 118 valence electrons. The molecule has 4 nitrogen and oxygen atoms in total. The number of allylic oxidation sites excluding steroid dienone is 1. The predicted molar refractivity (Wildman–Crippen MR) is 99.7 cm³/mol. The molecule has 1 aromatic carbocycles. The molecule has 0 bridgehead atoms. The van der Waals surface area contributed by atoms with Gasteiger partial charge >= 0.3 is 0 Å². The Morgan fingerprint density at radius 1 is 1.50 bits per heavy atom. The van der Waals surface area contributed by atoms with Gasteiger partial charge in [0.2, 0.25) is 0 Å². The molecule has 2 rings (SSSR count). The minimum atomic E-state index is -0.0297. The summed E-state index contributed by atoms with van der Waals surface area (Å²) in [7, 11) is 0. The van der Waals surface area contributed by atoms with E-state index in [1.807, 2.05) is 12.1 Å². The number of nitrogens with two attached hydrogens (primary N) is 1. The number of fused-ring (bicyclic) bond motifs is 1. The van der Waals surface area contributed by atoms with Crippen molar-refractivity contribution in [2.24, 2.45) is 10.8 Å². The van der Waals surface area contributed by atoms with Crippen LogP contribution in [0.2, 0.25) is 5.02 Å². The van der Waals surface area contributed by atoms with Crippen molar-refractivity contribution in [1.82, 2.24) is 5.43 Å². The molecule has 0 amide bonds. The van der Waals surface area contributed by atoms with Crippen molar-refractivity contribution >= 4 is 46.4 Å². The lowest BCUT2D eigenvalue weighted by atomic mass is 9.88. The maximum atomic E-state index is 6.41. The molecule has 0 unspecified atom stereocenters. The van der Waals surface area contributed by atoms with Crippen molar-refractivity contribution in [3.05, 3.63) is 34.4 Å². The van der Waals surface area contributed by atoms with Crippen LogP contribution in [-0.2, 0) is 0 Å². The molecule has 6 heteroatoms. The lowest BCUT2D eigenvalue weighted by Gasteiger charge is -2.43. The van der Waals surface area contributed by atoms with Gasteiger partial charge < -0.3 is 10.6 Å². The molecule has 0 atom stereocenters. The lowest BCUT2D eigenvalue weighted by molar-refractivity contribution is 0.566. The molecule has 0 fully saturated rings. The normalized spacial score (nSPS) is 16.4. The predicted octanol–water partition coefficient (Wildman–Crippen LogP) is 3.53. The van der Waals surface area contributed by atoms with E-state index in [0.717, 1.165) is 17.8 Å². The van der Waals surface area contributed by atoms with Crippen molar-refractivity contribution in [2.45, 2.75) is 33.2 Å². The van der Waals surface area contributed by atoms with Crippen LogP contribution in [0.3, 0.4) is 0 Å². The van der Waals surface area contributed by atoms with Gasteiger partial charge in [-0.25, -0.2) is 0 Å². The van der Waals surface area contributed by atoms with E-state index >= 15 is 0 Å². The first-order chi connectivity index (χ1) is 10.3. The number of halogens is 1. The van der Waals surface area contributed by atoms with Crippen LogP contribution in [-0.4, -0.2) is 23.4 Å². The Morgan fingerprint density at radius 2 is 2.18 bits per heavy atom. The third kappa shape index (κ3) is 3.25. The zero-order valence-corrected chi connectivity index (χ0v) is 14.8. The van der Waals surface area contributed by atoms with Crippen molar-refractivity contribution in [1.29, 1.82) is 0 Å². The second-order valence-electron chi connectivity index (χ2n) is 5.85. The minimum Gasteiger partial charge on any atom is -0.375 e. The van der Waals surface area contributed by atoms with E-state index in [0.29, 0.717) is 5.02 Å². The van der Waals surface area contributed by atoms with Gasteiger partial charge in [0.1, 0.15) is 0 Å². The van der Waals surface area contributed by atoms with Crippen molar-refractivity contribution in [3.63, 3.8) is 0 Å². The van der Waals surface area contributed by atoms with E-state index in [9.17, 15) is 0 Å². The molecule has 0 aromatic heterocycles. The van der Waals surface area contributed by atoms with E-state index < -0.39 is 0 Å². The molecule has 3 N–H and O–H groups in total. The number of hydrazone groups is 1. The van der Waals surface area contributed by atoms with Gasteiger partial charge in [-0.15, -0.1) is 0 Å². The minimum absolute atomic E-state index is 0.0297. The highest BCUT2D eigenvalue weighted by atomic mass is 35.5. The van der Waals surface area contributed by atoms with Crippen molar-refractivity contribution in [2.75, 3.05) is 11.4 Å². The first-order valence-electron chi connectivity index (χ1n) is 7.15. The van der Waals surface area contributed by atoms with Crippen LogP contribution < -0.4 is 16.1 Å². The number of nitrogens with one attached hydrogen (secondary N) is 1. The number of anilines is 1. The maximum absolute atomic E-state index is 6.41. The number of benzene rings is 1. The van der Waals surface area contributed by atoms with E-state index in [1.165, 1.54) is 11.1 Å². The monoisotopic (exact) mass is 336 g/mol. The van der Waals surface area contributed by atoms with Crippen LogP contribution in [0.1, 0.15) is 38.8 Å². The van der Waals surface area contributed by atoms with Crippen LogP contribution in [0.5, 0.6) is 0 Å². The fourth-order valence-electron chi connectivity index (χ4n) is 2.96. The molecular formula is C16H21ClN4S. The van der Waals surface area contributed by atoms with E-state index in [-0.39, 0.29) is 10.7 Å². The Labute approximate surface area is 142 Å². The Hall–Kier alpha value is -1.59. The summed E-state index contributed by atoms with van der Waals surface area (Å²) in [6, 6.07) is 4.05. The molecule has 1 aliphatic rings. The molecule has 1 aromatic rings. The van der Waals surface area contributed by atoms with Gasteiger partial charge in [0.05, 0.1) is 16.8 Å². The Morgan fingerprint density at radius 3 is 2.77 bits per heavy atom. The topological polar surface area (TPSA) is 53.6 Å². The number of likely N-dealkylation sites (N-methyl/N-ethyl adjacent to an activating group) is 1. The Balaban J connectivity index is 2.49. The lowest BCUT2D eigenvalue weighted by Crippen LogP contribution is -2.44. The third-order valence-corrected chi connectivity index (χ3v) is 4.21. The highest BCUT2D eigenvalue weighted by Gasteiger charge is 2.30. The molecule has 22 heavy (non-hydrogen) atoms. The van der Waals surface area contributed by atoms with Crippen LogP contribution in [0, 0.1) is 0 Å². The summed E-state index contributed by atoms with van der Waals surface area (Å²) in [5.74, 6) is 0. The van der Waals surface area contributed by atoms with Gasteiger partial charge in [-0.3, -0.25) is 5.43 Å². The average molecular weight is 337 g/mol. The number of hydrogen-bond acceptors (Lipinski definition) is 3. The number of nitrogens with zero attached hydrogens (tertiary/aromatic N) is 2. The smallest absolute Gasteiger partial charge is 0.184 e. The molecule has 1 heterocycles. The molecule has 0 spiro atoms. The van der Waals surface area contributed by atoms with Crippen molar-refractivity contribution < 1.29 is 0 Å². The zero-order chi connectivity index (χ0) is 16.5. The Bertz CT molecular complexity index is 664. The Kier molecular flexibility index (Phi) is 4.78. The first-order valence-corrected chi connectivity index (χ1v) is 7.94. The van der Waals surface area contributed by atoms with Crippen LogP contribution >= 0.6 is 23.8 Å². The molecular weight excluding hydrogens is 316 g/mol. The molecule has 0 aliphatic carbocycles. The average Bonchev–Trinajstić information content (AvgIpc) is 2.39. The second-order valence-corrected chi connectivity index (χ2v) is 6.70. The maximum Gasteiger partial charge on any atom is 0.184 e. The van der Waals surface area contributed by atoms with Gasteiger partial charge in [0, 0.05) is 23.4 Å².